The fourth-order valence-electron chi connectivity index (χ4n) is 2.09. The topological polar surface area (TPSA) is 63.8 Å². The number of nitrogens with one attached hydrogen (secondary N) is 1. The van der Waals surface area contributed by atoms with Crippen LogP contribution in [0.25, 0.3) is 10.8 Å². The van der Waals surface area contributed by atoms with E-state index in [9.17, 15) is 0 Å². The molecule has 5 heteroatoms. The molecule has 0 saturated carbocycles. The monoisotopic (exact) mass is 256 g/mol. The number of rotatable bonds is 3. The van der Waals surface area contributed by atoms with Crippen LogP contribution in [0.3, 0.4) is 0 Å². The Hall–Kier alpha value is -1.82. The number of hydrogen-bond donors (Lipinski definition) is 2. The van der Waals surface area contributed by atoms with Crippen LogP contribution in [0.15, 0.2) is 47.5 Å². The highest BCUT2D eigenvalue weighted by atomic mass is 32.1. The number of hydrogen-bond acceptors (Lipinski definition) is 5. The molecule has 0 saturated heterocycles. The van der Waals surface area contributed by atoms with Crippen molar-refractivity contribution in [2.24, 2.45) is 5.84 Å². The van der Waals surface area contributed by atoms with Crippen LogP contribution < -0.4 is 11.3 Å². The van der Waals surface area contributed by atoms with Crippen molar-refractivity contribution in [2.45, 2.75) is 6.04 Å². The van der Waals surface area contributed by atoms with Gasteiger partial charge >= 0.3 is 0 Å². The maximum absolute atomic E-state index is 5.68. The van der Waals surface area contributed by atoms with Gasteiger partial charge in [-0.1, -0.05) is 18.2 Å². The van der Waals surface area contributed by atoms with Crippen LogP contribution in [0.1, 0.15) is 17.3 Å². The van der Waals surface area contributed by atoms with E-state index in [1.165, 1.54) is 0 Å². The maximum atomic E-state index is 5.68. The molecule has 0 aliphatic carbocycles. The second kappa shape index (κ2) is 4.81. The van der Waals surface area contributed by atoms with Gasteiger partial charge in [0.05, 0.1) is 17.2 Å². The van der Waals surface area contributed by atoms with Gasteiger partial charge in [0, 0.05) is 23.2 Å². The Morgan fingerprint density at radius 3 is 3.00 bits per heavy atom. The summed E-state index contributed by atoms with van der Waals surface area (Å²) in [5, 5.41) is 4.24. The van der Waals surface area contributed by atoms with E-state index >= 15 is 0 Å². The summed E-state index contributed by atoms with van der Waals surface area (Å²) in [6, 6.07) is 8.02. The molecule has 1 aromatic carbocycles. The van der Waals surface area contributed by atoms with Crippen LogP contribution >= 0.6 is 11.3 Å². The molecule has 0 aliphatic rings. The Kier molecular flexibility index (Phi) is 3.02. The number of hydrazine groups is 1. The number of benzene rings is 1. The van der Waals surface area contributed by atoms with Crippen LogP contribution in [0.4, 0.5) is 0 Å². The van der Waals surface area contributed by atoms with Crippen LogP contribution in [0, 0.1) is 0 Å². The molecule has 2 heterocycles. The van der Waals surface area contributed by atoms with Crippen molar-refractivity contribution < 1.29 is 0 Å². The summed E-state index contributed by atoms with van der Waals surface area (Å²) in [6.07, 6.45) is 3.65. The van der Waals surface area contributed by atoms with Crippen LogP contribution in [0.2, 0.25) is 0 Å². The first-order valence-electron chi connectivity index (χ1n) is 5.57. The van der Waals surface area contributed by atoms with Gasteiger partial charge in [0.15, 0.2) is 0 Å². The SMILES string of the molecule is NNC(c1cscn1)c1cccc2ccncc12. The van der Waals surface area contributed by atoms with Gasteiger partial charge in [0.1, 0.15) is 0 Å². The van der Waals surface area contributed by atoms with Crippen molar-refractivity contribution in [3.05, 3.63) is 58.8 Å². The molecule has 1 unspecified atom stereocenters. The van der Waals surface area contributed by atoms with E-state index in [2.05, 4.69) is 21.5 Å². The van der Waals surface area contributed by atoms with E-state index in [-0.39, 0.29) is 6.04 Å². The highest BCUT2D eigenvalue weighted by Crippen LogP contribution is 2.27. The molecule has 1 atom stereocenters. The molecular weight excluding hydrogens is 244 g/mol. The Labute approximate surface area is 108 Å². The molecule has 0 amide bonds. The third kappa shape index (κ3) is 1.88. The molecule has 2 aromatic heterocycles. The fourth-order valence-corrected chi connectivity index (χ4v) is 2.67. The third-order valence-corrected chi connectivity index (χ3v) is 3.55. The van der Waals surface area contributed by atoms with Crippen molar-refractivity contribution in [2.75, 3.05) is 0 Å². The first kappa shape index (κ1) is 11.3. The number of nitrogens with zero attached hydrogens (tertiary/aromatic N) is 2. The zero-order chi connectivity index (χ0) is 12.4. The predicted octanol–water partition coefficient (Wildman–Crippen LogP) is 2.24. The van der Waals surface area contributed by atoms with Gasteiger partial charge in [-0.3, -0.25) is 10.8 Å². The van der Waals surface area contributed by atoms with E-state index < -0.39 is 0 Å². The van der Waals surface area contributed by atoms with Gasteiger partial charge < -0.3 is 0 Å². The maximum Gasteiger partial charge on any atom is 0.0896 e. The zero-order valence-corrected chi connectivity index (χ0v) is 10.4. The van der Waals surface area contributed by atoms with Gasteiger partial charge in [-0.2, -0.15) is 0 Å². The fraction of sp³-hybridized carbons (Fsp3) is 0.0769. The standard InChI is InChI=1S/C13H12N4S/c14-17-13(12-7-18-8-16-12)10-3-1-2-9-4-5-15-6-11(9)10/h1-8,13,17H,14H2. The number of nitrogens with two attached hydrogens (primary N) is 1. The largest absolute Gasteiger partial charge is 0.271 e. The van der Waals surface area contributed by atoms with Crippen molar-refractivity contribution >= 4 is 22.1 Å². The molecule has 0 spiro atoms. The molecule has 90 valence electrons. The summed E-state index contributed by atoms with van der Waals surface area (Å²) in [6.45, 7) is 0. The Morgan fingerprint density at radius 2 is 2.22 bits per heavy atom. The first-order valence-corrected chi connectivity index (χ1v) is 6.51. The van der Waals surface area contributed by atoms with E-state index in [1.54, 1.807) is 17.5 Å². The minimum Gasteiger partial charge on any atom is -0.271 e. The second-order valence-electron chi connectivity index (χ2n) is 3.96. The van der Waals surface area contributed by atoms with Crippen molar-refractivity contribution in [1.82, 2.24) is 15.4 Å². The summed E-state index contributed by atoms with van der Waals surface area (Å²) >= 11 is 1.56. The number of pyridine rings is 1. The number of fused-ring (bicyclic) bond motifs is 1. The Balaban J connectivity index is 2.18. The zero-order valence-electron chi connectivity index (χ0n) is 9.58. The molecular formula is C13H12N4S. The summed E-state index contributed by atoms with van der Waals surface area (Å²) in [7, 11) is 0. The molecule has 18 heavy (non-hydrogen) atoms. The molecule has 0 fully saturated rings. The normalized spacial score (nSPS) is 12.7. The van der Waals surface area contributed by atoms with Crippen molar-refractivity contribution in [3.8, 4) is 0 Å². The highest BCUT2D eigenvalue weighted by molar-refractivity contribution is 7.07. The minimum atomic E-state index is -0.107. The van der Waals surface area contributed by atoms with Gasteiger partial charge in [0.2, 0.25) is 0 Å². The van der Waals surface area contributed by atoms with Crippen LogP contribution in [0.5, 0.6) is 0 Å². The lowest BCUT2D eigenvalue weighted by Crippen LogP contribution is -2.29. The van der Waals surface area contributed by atoms with Gasteiger partial charge in [-0.05, 0) is 17.0 Å². The lowest BCUT2D eigenvalue weighted by atomic mass is 9.99. The average molecular weight is 256 g/mol. The van der Waals surface area contributed by atoms with Gasteiger partial charge in [-0.15, -0.1) is 11.3 Å². The molecule has 3 aromatic rings. The van der Waals surface area contributed by atoms with E-state index in [0.717, 1.165) is 22.0 Å². The summed E-state index contributed by atoms with van der Waals surface area (Å²) in [5.41, 5.74) is 6.66. The quantitative estimate of drug-likeness (QED) is 0.557. The van der Waals surface area contributed by atoms with E-state index in [0.29, 0.717) is 0 Å². The molecule has 0 bridgehead atoms. The van der Waals surface area contributed by atoms with Crippen LogP contribution in [-0.2, 0) is 0 Å². The molecule has 3 rings (SSSR count). The first-order chi connectivity index (χ1) is 8.90. The molecule has 4 nitrogen and oxygen atoms in total. The molecule has 3 N–H and O–H groups in total. The van der Waals surface area contributed by atoms with Gasteiger partial charge in [0.25, 0.3) is 0 Å². The van der Waals surface area contributed by atoms with Gasteiger partial charge in [-0.25, -0.2) is 10.4 Å². The molecule has 0 radical (unpaired) electrons. The predicted molar refractivity (Wildman–Crippen MR) is 73.0 cm³/mol. The Morgan fingerprint density at radius 1 is 1.28 bits per heavy atom. The summed E-state index contributed by atoms with van der Waals surface area (Å²) in [4.78, 5) is 8.51. The van der Waals surface area contributed by atoms with Crippen molar-refractivity contribution in [3.63, 3.8) is 0 Å². The number of thiazole rings is 1. The minimum absolute atomic E-state index is 0.107. The number of aromatic nitrogens is 2. The lowest BCUT2D eigenvalue weighted by Gasteiger charge is -2.16. The third-order valence-electron chi connectivity index (χ3n) is 2.94. The average Bonchev–Trinajstić information content (AvgIpc) is 2.94. The Bertz CT molecular complexity index is 646. The lowest BCUT2D eigenvalue weighted by molar-refractivity contribution is 0.628. The highest BCUT2D eigenvalue weighted by Gasteiger charge is 2.16. The summed E-state index contributed by atoms with van der Waals surface area (Å²) in [5.74, 6) is 5.68. The second-order valence-corrected chi connectivity index (χ2v) is 4.68. The van der Waals surface area contributed by atoms with E-state index in [1.807, 2.05) is 35.3 Å². The van der Waals surface area contributed by atoms with E-state index in [4.69, 9.17) is 5.84 Å². The summed E-state index contributed by atoms with van der Waals surface area (Å²) < 4.78 is 0. The smallest absolute Gasteiger partial charge is 0.0896 e. The van der Waals surface area contributed by atoms with Crippen LogP contribution in [-0.4, -0.2) is 9.97 Å². The van der Waals surface area contributed by atoms with Crippen molar-refractivity contribution in [1.29, 1.82) is 0 Å². The molecule has 0 aliphatic heterocycles.